The van der Waals surface area contributed by atoms with Crippen LogP contribution in [-0.2, 0) is 19.1 Å². The number of rotatable bonds is 6. The van der Waals surface area contributed by atoms with E-state index in [1.807, 2.05) is 0 Å². The Balaban J connectivity index is 1.75. The van der Waals surface area contributed by atoms with Gasteiger partial charge in [-0.2, -0.15) is 0 Å². The maximum Gasteiger partial charge on any atom is 0.333 e. The smallest absolute Gasteiger partial charge is 0.333 e. The van der Waals surface area contributed by atoms with E-state index in [0.717, 1.165) is 25.7 Å². The highest BCUT2D eigenvalue weighted by Gasteiger charge is 2.35. The van der Waals surface area contributed by atoms with Gasteiger partial charge in [0.2, 0.25) is 0 Å². The van der Waals surface area contributed by atoms with Crippen LogP contribution in [0.3, 0.4) is 0 Å². The van der Waals surface area contributed by atoms with Gasteiger partial charge in [0.1, 0.15) is 0 Å². The molecule has 25 heavy (non-hydrogen) atoms. The molecule has 2 N–H and O–H groups in total. The van der Waals surface area contributed by atoms with E-state index in [1.54, 1.807) is 6.92 Å². The SMILES string of the molecule is C=C(C)C(=O)OCC1CC(C(=O)OCC2CCC(O)CC2)CCC1O. The zero-order valence-corrected chi connectivity index (χ0v) is 15.0. The largest absolute Gasteiger partial charge is 0.465 e. The van der Waals surface area contributed by atoms with Gasteiger partial charge in [0.25, 0.3) is 0 Å². The third kappa shape index (κ3) is 6.12. The summed E-state index contributed by atoms with van der Waals surface area (Å²) in [6.45, 7) is 5.60. The van der Waals surface area contributed by atoms with Crippen molar-refractivity contribution in [2.75, 3.05) is 13.2 Å². The van der Waals surface area contributed by atoms with Gasteiger partial charge in [0.05, 0.1) is 31.3 Å². The minimum absolute atomic E-state index is 0.0944. The standard InChI is InChI=1S/C19H30O6/c1-12(2)18(22)25-11-15-9-14(5-8-17(15)21)19(23)24-10-13-3-6-16(20)7-4-13/h13-17,20-21H,1,3-11H2,2H3. The van der Waals surface area contributed by atoms with Crippen LogP contribution in [0.25, 0.3) is 0 Å². The minimum Gasteiger partial charge on any atom is -0.465 e. The summed E-state index contributed by atoms with van der Waals surface area (Å²) in [4.78, 5) is 23.8. The zero-order chi connectivity index (χ0) is 18.4. The fourth-order valence-electron chi connectivity index (χ4n) is 3.58. The van der Waals surface area contributed by atoms with Gasteiger partial charge in [-0.05, 0) is 57.8 Å². The molecule has 0 heterocycles. The molecule has 0 spiro atoms. The highest BCUT2D eigenvalue weighted by Crippen LogP contribution is 2.31. The van der Waals surface area contributed by atoms with Gasteiger partial charge in [0.15, 0.2) is 0 Å². The Kier molecular flexibility index (Phi) is 7.44. The van der Waals surface area contributed by atoms with Crippen LogP contribution < -0.4 is 0 Å². The van der Waals surface area contributed by atoms with Crippen LogP contribution in [0.2, 0.25) is 0 Å². The molecule has 0 radical (unpaired) electrons. The molecule has 0 bridgehead atoms. The lowest BCUT2D eigenvalue weighted by Gasteiger charge is -2.32. The van der Waals surface area contributed by atoms with E-state index in [4.69, 9.17) is 9.47 Å². The molecule has 0 aromatic heterocycles. The summed E-state index contributed by atoms with van der Waals surface area (Å²) < 4.78 is 10.6. The van der Waals surface area contributed by atoms with E-state index in [9.17, 15) is 19.8 Å². The molecule has 2 rings (SSSR count). The van der Waals surface area contributed by atoms with Crippen molar-refractivity contribution in [3.8, 4) is 0 Å². The fraction of sp³-hybridized carbons (Fsp3) is 0.789. The zero-order valence-electron chi connectivity index (χ0n) is 15.0. The summed E-state index contributed by atoms with van der Waals surface area (Å²) in [7, 11) is 0. The molecule has 3 unspecified atom stereocenters. The van der Waals surface area contributed by atoms with Crippen LogP contribution in [0.5, 0.6) is 0 Å². The van der Waals surface area contributed by atoms with E-state index in [1.165, 1.54) is 0 Å². The van der Waals surface area contributed by atoms with Gasteiger partial charge < -0.3 is 19.7 Å². The van der Waals surface area contributed by atoms with Gasteiger partial charge in [-0.1, -0.05) is 6.58 Å². The predicted octanol–water partition coefficient (Wildman–Crippen LogP) is 1.98. The van der Waals surface area contributed by atoms with Crippen molar-refractivity contribution in [1.29, 1.82) is 0 Å². The van der Waals surface area contributed by atoms with Crippen molar-refractivity contribution in [2.24, 2.45) is 17.8 Å². The second-order valence-corrected chi connectivity index (χ2v) is 7.52. The van der Waals surface area contributed by atoms with Gasteiger partial charge >= 0.3 is 11.9 Å². The summed E-state index contributed by atoms with van der Waals surface area (Å²) in [6, 6.07) is 0. The number of aliphatic hydroxyl groups is 2. The molecular weight excluding hydrogens is 324 g/mol. The third-order valence-corrected chi connectivity index (χ3v) is 5.33. The quantitative estimate of drug-likeness (QED) is 0.560. The number of aliphatic hydroxyl groups excluding tert-OH is 2. The Morgan fingerprint density at radius 3 is 2.32 bits per heavy atom. The van der Waals surface area contributed by atoms with E-state index < -0.39 is 12.1 Å². The lowest BCUT2D eigenvalue weighted by molar-refractivity contribution is -0.154. The first-order valence-electron chi connectivity index (χ1n) is 9.22. The molecule has 0 aliphatic heterocycles. The second-order valence-electron chi connectivity index (χ2n) is 7.52. The van der Waals surface area contributed by atoms with Crippen LogP contribution in [0.15, 0.2) is 12.2 Å². The van der Waals surface area contributed by atoms with Crippen molar-refractivity contribution < 1.29 is 29.3 Å². The average molecular weight is 354 g/mol. The molecule has 2 fully saturated rings. The summed E-state index contributed by atoms with van der Waals surface area (Å²) in [6.07, 6.45) is 4.10. The topological polar surface area (TPSA) is 93.1 Å². The Bertz CT molecular complexity index is 480. The molecule has 0 aromatic rings. The third-order valence-electron chi connectivity index (χ3n) is 5.33. The first-order valence-corrected chi connectivity index (χ1v) is 9.22. The molecule has 6 nitrogen and oxygen atoms in total. The molecule has 3 atom stereocenters. The monoisotopic (exact) mass is 354 g/mol. The number of ether oxygens (including phenoxy) is 2. The normalized spacial score (nSPS) is 32.7. The lowest BCUT2D eigenvalue weighted by atomic mass is 9.80. The van der Waals surface area contributed by atoms with E-state index in [0.29, 0.717) is 37.4 Å². The number of carbonyl (C=O) groups is 2. The van der Waals surface area contributed by atoms with Gasteiger partial charge in [-0.3, -0.25) is 4.79 Å². The second kappa shape index (κ2) is 9.34. The summed E-state index contributed by atoms with van der Waals surface area (Å²) in [5.41, 5.74) is 0.318. The minimum atomic E-state index is -0.568. The van der Waals surface area contributed by atoms with Crippen molar-refractivity contribution in [1.82, 2.24) is 0 Å². The number of hydrogen-bond donors (Lipinski definition) is 2. The van der Waals surface area contributed by atoms with Crippen molar-refractivity contribution in [3.05, 3.63) is 12.2 Å². The van der Waals surface area contributed by atoms with Crippen LogP contribution in [-0.4, -0.2) is 47.6 Å². The van der Waals surface area contributed by atoms with Crippen LogP contribution >= 0.6 is 0 Å². The molecule has 2 aliphatic rings. The van der Waals surface area contributed by atoms with Gasteiger partial charge in [-0.15, -0.1) is 0 Å². The highest BCUT2D eigenvalue weighted by atomic mass is 16.5. The van der Waals surface area contributed by atoms with E-state index in [2.05, 4.69) is 6.58 Å². The Labute approximate surface area is 149 Å². The summed E-state index contributed by atoms with van der Waals surface area (Å²) in [5.74, 6) is -0.884. The molecule has 0 saturated heterocycles. The van der Waals surface area contributed by atoms with Gasteiger partial charge in [-0.25, -0.2) is 4.79 Å². The van der Waals surface area contributed by atoms with Crippen molar-refractivity contribution in [3.63, 3.8) is 0 Å². The molecule has 2 saturated carbocycles. The summed E-state index contributed by atoms with van der Waals surface area (Å²) >= 11 is 0. The first kappa shape index (κ1) is 19.9. The molecule has 6 heteroatoms. The Morgan fingerprint density at radius 2 is 1.68 bits per heavy atom. The van der Waals surface area contributed by atoms with Crippen LogP contribution in [0, 0.1) is 17.8 Å². The average Bonchev–Trinajstić information content (AvgIpc) is 2.59. The fourth-order valence-corrected chi connectivity index (χ4v) is 3.58. The van der Waals surface area contributed by atoms with Crippen molar-refractivity contribution >= 4 is 11.9 Å². The summed E-state index contributed by atoms with van der Waals surface area (Å²) in [5, 5.41) is 19.6. The molecular formula is C19H30O6. The molecule has 0 amide bonds. The van der Waals surface area contributed by atoms with E-state index >= 15 is 0 Å². The Hall–Kier alpha value is -1.40. The number of hydrogen-bond acceptors (Lipinski definition) is 6. The van der Waals surface area contributed by atoms with Crippen molar-refractivity contribution in [2.45, 2.75) is 64.1 Å². The Morgan fingerprint density at radius 1 is 1.00 bits per heavy atom. The van der Waals surface area contributed by atoms with E-state index in [-0.39, 0.29) is 30.5 Å². The predicted molar refractivity (Wildman–Crippen MR) is 91.5 cm³/mol. The molecule has 2 aliphatic carbocycles. The molecule has 0 aromatic carbocycles. The van der Waals surface area contributed by atoms with Gasteiger partial charge in [0, 0.05) is 11.5 Å². The first-order chi connectivity index (χ1) is 11.9. The maximum atomic E-state index is 12.3. The maximum absolute atomic E-state index is 12.3. The van der Waals surface area contributed by atoms with Crippen LogP contribution in [0.1, 0.15) is 51.9 Å². The van der Waals surface area contributed by atoms with Crippen LogP contribution in [0.4, 0.5) is 0 Å². The number of carbonyl (C=O) groups excluding carboxylic acids is 2. The number of esters is 2. The highest BCUT2D eigenvalue weighted by molar-refractivity contribution is 5.86. The molecule has 142 valence electrons. The lowest BCUT2D eigenvalue weighted by Crippen LogP contribution is -2.36.